The first-order valence-corrected chi connectivity index (χ1v) is 11.7. The molecule has 1 aromatic heterocycles. The van der Waals surface area contributed by atoms with Gasteiger partial charge in [0.2, 0.25) is 0 Å². The van der Waals surface area contributed by atoms with Crippen molar-refractivity contribution in [2.45, 2.75) is 55.8 Å². The summed E-state index contributed by atoms with van der Waals surface area (Å²) in [6.07, 6.45) is -0.496. The van der Waals surface area contributed by atoms with Crippen molar-refractivity contribution in [1.29, 1.82) is 0 Å². The van der Waals surface area contributed by atoms with Crippen LogP contribution in [0, 0.1) is 0 Å². The minimum atomic E-state index is -1.37. The van der Waals surface area contributed by atoms with Crippen LogP contribution in [0.4, 0.5) is 0 Å². The van der Waals surface area contributed by atoms with Crippen molar-refractivity contribution in [3.8, 4) is 0 Å². The lowest BCUT2D eigenvalue weighted by Crippen LogP contribution is -2.57. The summed E-state index contributed by atoms with van der Waals surface area (Å²) in [5, 5.41) is 33.1. The summed E-state index contributed by atoms with van der Waals surface area (Å²) in [5.74, 6) is 0.711. The first-order valence-electron chi connectivity index (χ1n) is 11.3. The number of rotatable bonds is 7. The molecule has 2 fully saturated rings. The fourth-order valence-electron chi connectivity index (χ4n) is 4.73. The average molecular weight is 473 g/mol. The van der Waals surface area contributed by atoms with Gasteiger partial charge in [0.25, 0.3) is 0 Å². The van der Waals surface area contributed by atoms with E-state index in [-0.39, 0.29) is 6.54 Å². The molecule has 8 heteroatoms. The Morgan fingerprint density at radius 3 is 2.52 bits per heavy atom. The Morgan fingerprint density at radius 2 is 1.82 bits per heavy atom. The maximum atomic E-state index is 10.8. The smallest absolute Gasteiger partial charge is 0.163 e. The summed E-state index contributed by atoms with van der Waals surface area (Å²) in [7, 11) is 1.46. The maximum Gasteiger partial charge on any atom is 0.163 e. The third-order valence-corrected chi connectivity index (χ3v) is 7.01. The zero-order valence-corrected chi connectivity index (χ0v) is 19.2. The molecule has 1 saturated carbocycles. The van der Waals surface area contributed by atoms with E-state index in [1.54, 1.807) is 4.57 Å². The molecular formula is C25H29ClN2O5. The molecule has 4 N–H and O–H groups in total. The number of hydroxylamine groups is 1. The zero-order valence-electron chi connectivity index (χ0n) is 18.4. The maximum absolute atomic E-state index is 10.8. The topological polar surface area (TPSA) is 96.1 Å². The molecule has 1 aliphatic heterocycles. The number of aliphatic hydroxyl groups excluding tert-OH is 3. The molecule has 7 nitrogen and oxygen atoms in total. The van der Waals surface area contributed by atoms with Crippen LogP contribution in [0.25, 0.3) is 10.9 Å². The third-order valence-electron chi connectivity index (χ3n) is 6.70. The van der Waals surface area contributed by atoms with Gasteiger partial charge in [0.05, 0.1) is 24.2 Å². The highest BCUT2D eigenvalue weighted by Gasteiger charge is 2.44. The van der Waals surface area contributed by atoms with Crippen molar-refractivity contribution in [3.05, 3.63) is 70.4 Å². The molecule has 0 unspecified atom stereocenters. The van der Waals surface area contributed by atoms with Crippen LogP contribution in [-0.2, 0) is 16.0 Å². The van der Waals surface area contributed by atoms with E-state index in [2.05, 4.69) is 29.7 Å². The van der Waals surface area contributed by atoms with Crippen LogP contribution in [0.15, 0.2) is 48.7 Å². The summed E-state index contributed by atoms with van der Waals surface area (Å²) < 4.78 is 7.85. The van der Waals surface area contributed by atoms with E-state index in [9.17, 15) is 15.3 Å². The Kier molecular flexibility index (Phi) is 6.46. The number of ether oxygens (including phenoxy) is 1. The Morgan fingerprint density at radius 1 is 1.06 bits per heavy atom. The molecule has 176 valence electrons. The average Bonchev–Trinajstić information content (AvgIpc) is 3.60. The minimum Gasteiger partial charge on any atom is -0.388 e. The fraction of sp³-hybridized carbons (Fsp3) is 0.440. The lowest BCUT2D eigenvalue weighted by Gasteiger charge is -2.41. The fourth-order valence-corrected chi connectivity index (χ4v) is 5.02. The number of nitrogens with zero attached hydrogens (tertiary/aromatic N) is 1. The Hall–Kier alpha value is -1.97. The van der Waals surface area contributed by atoms with Crippen molar-refractivity contribution in [2.24, 2.45) is 0 Å². The number of nitrogens with one attached hydrogen (secondary N) is 1. The SMILES string of the molecule is CONC[C@H]1O[C@@H](n2cc(Cc3ccc(C4CC4)cc3)c3c(Cl)cccc32)[C@H](O)[C@@H](O)[C@@H]1O. The molecule has 5 rings (SSSR count). The van der Waals surface area contributed by atoms with Crippen molar-refractivity contribution in [2.75, 3.05) is 13.7 Å². The van der Waals surface area contributed by atoms with Gasteiger partial charge in [-0.25, -0.2) is 5.48 Å². The van der Waals surface area contributed by atoms with Gasteiger partial charge in [-0.2, -0.15) is 0 Å². The van der Waals surface area contributed by atoms with Gasteiger partial charge in [0, 0.05) is 11.6 Å². The molecule has 2 aliphatic rings. The minimum absolute atomic E-state index is 0.151. The normalized spacial score (nSPS) is 27.8. The number of hydrogen-bond acceptors (Lipinski definition) is 6. The second kappa shape index (κ2) is 9.35. The van der Waals surface area contributed by atoms with E-state index in [0.29, 0.717) is 17.4 Å². The lowest BCUT2D eigenvalue weighted by molar-refractivity contribution is -0.245. The number of benzene rings is 2. The van der Waals surface area contributed by atoms with Gasteiger partial charge >= 0.3 is 0 Å². The van der Waals surface area contributed by atoms with Gasteiger partial charge in [0.1, 0.15) is 24.4 Å². The highest BCUT2D eigenvalue weighted by Crippen LogP contribution is 2.40. The van der Waals surface area contributed by atoms with Crippen molar-refractivity contribution >= 4 is 22.5 Å². The lowest BCUT2D eigenvalue weighted by atomic mass is 9.98. The van der Waals surface area contributed by atoms with E-state index >= 15 is 0 Å². The monoisotopic (exact) mass is 472 g/mol. The Labute approximate surface area is 197 Å². The summed E-state index contributed by atoms with van der Waals surface area (Å²) in [6.45, 7) is 0.151. The quantitative estimate of drug-likeness (QED) is 0.395. The highest BCUT2D eigenvalue weighted by atomic mass is 35.5. The number of aromatic nitrogens is 1. The third kappa shape index (κ3) is 4.42. The van der Waals surface area contributed by atoms with Crippen LogP contribution >= 0.6 is 11.6 Å². The first kappa shape index (κ1) is 22.8. The molecule has 3 aromatic rings. The van der Waals surface area contributed by atoms with Crippen LogP contribution in [0.2, 0.25) is 5.02 Å². The van der Waals surface area contributed by atoms with Gasteiger partial charge in [-0.15, -0.1) is 0 Å². The second-order valence-electron chi connectivity index (χ2n) is 8.98. The highest BCUT2D eigenvalue weighted by molar-refractivity contribution is 6.35. The second-order valence-corrected chi connectivity index (χ2v) is 9.38. The van der Waals surface area contributed by atoms with Gasteiger partial charge in [0.15, 0.2) is 6.23 Å². The van der Waals surface area contributed by atoms with E-state index in [4.69, 9.17) is 21.2 Å². The van der Waals surface area contributed by atoms with Crippen LogP contribution < -0.4 is 5.48 Å². The summed E-state index contributed by atoms with van der Waals surface area (Å²) in [6, 6.07) is 14.3. The molecule has 5 atom stereocenters. The van der Waals surface area contributed by atoms with Crippen LogP contribution in [0.3, 0.4) is 0 Å². The van der Waals surface area contributed by atoms with Crippen molar-refractivity contribution in [1.82, 2.24) is 10.0 Å². The molecule has 2 heterocycles. The number of halogens is 1. The predicted molar refractivity (Wildman–Crippen MR) is 125 cm³/mol. The van der Waals surface area contributed by atoms with Gasteiger partial charge in [-0.05, 0) is 54.0 Å². The molecule has 33 heavy (non-hydrogen) atoms. The largest absolute Gasteiger partial charge is 0.388 e. The molecule has 1 aliphatic carbocycles. The molecular weight excluding hydrogens is 444 g/mol. The van der Waals surface area contributed by atoms with Crippen molar-refractivity contribution < 1.29 is 24.9 Å². The van der Waals surface area contributed by atoms with Crippen LogP contribution in [0.1, 0.15) is 41.7 Å². The number of fused-ring (bicyclic) bond motifs is 1. The van der Waals surface area contributed by atoms with Gasteiger partial charge in [-0.1, -0.05) is 41.9 Å². The van der Waals surface area contributed by atoms with Gasteiger partial charge < -0.3 is 29.5 Å². The first-order chi connectivity index (χ1) is 16.0. The molecule has 2 aromatic carbocycles. The molecule has 0 amide bonds. The van der Waals surface area contributed by atoms with Gasteiger partial charge in [-0.3, -0.25) is 0 Å². The van der Waals surface area contributed by atoms with E-state index < -0.39 is 30.6 Å². The summed E-state index contributed by atoms with van der Waals surface area (Å²) in [5.41, 5.74) is 6.99. The summed E-state index contributed by atoms with van der Waals surface area (Å²) in [4.78, 5) is 4.87. The predicted octanol–water partition coefficient (Wildman–Crippen LogP) is 2.89. The summed E-state index contributed by atoms with van der Waals surface area (Å²) >= 11 is 6.61. The number of hydrogen-bond donors (Lipinski definition) is 4. The standard InChI is InChI=1S/C25H29ClN2O5/c1-32-27-12-20-22(29)23(30)24(31)25(33-20)28-13-17(21-18(26)3-2-4-19(21)28)11-14-5-7-15(8-6-14)16-9-10-16/h2-8,13,16,20,22-25,27,29-31H,9-12H2,1H3/t20-,22-,23+,24-,25-/m1/s1. The van der Waals surface area contributed by atoms with Crippen LogP contribution in [0.5, 0.6) is 0 Å². The van der Waals surface area contributed by atoms with E-state index in [0.717, 1.165) is 16.5 Å². The zero-order chi connectivity index (χ0) is 23.1. The van der Waals surface area contributed by atoms with Crippen LogP contribution in [-0.4, -0.2) is 58.0 Å². The molecule has 0 radical (unpaired) electrons. The van der Waals surface area contributed by atoms with Crippen molar-refractivity contribution in [3.63, 3.8) is 0 Å². The molecule has 0 spiro atoms. The van der Waals surface area contributed by atoms with E-state index in [1.807, 2.05) is 24.4 Å². The van der Waals surface area contributed by atoms with E-state index in [1.165, 1.54) is 31.1 Å². The number of aliphatic hydroxyl groups is 3. The Bertz CT molecular complexity index is 1110. The molecule has 0 bridgehead atoms. The Balaban J connectivity index is 1.49. The molecule has 1 saturated heterocycles.